The molecule has 0 atom stereocenters. The van der Waals surface area contributed by atoms with Crippen LogP contribution in [-0.2, 0) is 4.74 Å². The van der Waals surface area contributed by atoms with Crippen molar-refractivity contribution in [1.29, 1.82) is 0 Å². The van der Waals surface area contributed by atoms with Crippen LogP contribution in [0.15, 0.2) is 30.3 Å². The van der Waals surface area contributed by atoms with Crippen molar-refractivity contribution in [2.75, 3.05) is 6.61 Å². The Morgan fingerprint density at radius 1 is 0.909 bits per heavy atom. The second-order valence-corrected chi connectivity index (χ2v) is 5.06. The number of thiocarbonyl (C=S) groups is 2. The van der Waals surface area contributed by atoms with E-state index in [-0.39, 0.29) is 10.3 Å². The Morgan fingerprint density at radius 3 is 1.82 bits per heavy atom. The normalized spacial score (nSPS) is 8.50. The van der Waals surface area contributed by atoms with E-state index in [9.17, 15) is 0 Å². The van der Waals surface area contributed by atoms with Gasteiger partial charge in [-0.25, -0.2) is 0 Å². The highest BCUT2D eigenvalue weighted by molar-refractivity contribution is 7.80. The zero-order chi connectivity index (χ0) is 17.2. The maximum absolute atomic E-state index is 5.13. The molecule has 0 heterocycles. The second-order valence-electron chi connectivity index (χ2n) is 4.26. The maximum Gasteiger partial charge on any atom is 0.259 e. The van der Waals surface area contributed by atoms with E-state index < -0.39 is 0 Å². The van der Waals surface area contributed by atoms with Crippen LogP contribution in [-0.4, -0.2) is 17.0 Å². The van der Waals surface area contributed by atoms with Gasteiger partial charge in [-0.15, -0.1) is 0 Å². The fourth-order valence-corrected chi connectivity index (χ4v) is 1.10. The van der Waals surface area contributed by atoms with E-state index >= 15 is 0 Å². The lowest BCUT2D eigenvalue weighted by Gasteiger charge is -1.99. The number of unbranched alkanes of at least 4 members (excludes halogenated alkanes) is 2. The van der Waals surface area contributed by atoms with Crippen molar-refractivity contribution in [3.8, 4) is 5.75 Å². The molecule has 0 bridgehead atoms. The van der Waals surface area contributed by atoms with Gasteiger partial charge >= 0.3 is 0 Å². The highest BCUT2D eigenvalue weighted by Gasteiger charge is 1.90. The van der Waals surface area contributed by atoms with Gasteiger partial charge in [0.25, 0.3) is 10.3 Å². The number of hydrogen-bond acceptors (Lipinski definition) is 4. The fourth-order valence-electron chi connectivity index (χ4n) is 0.922. The van der Waals surface area contributed by atoms with Gasteiger partial charge in [-0.3, -0.25) is 0 Å². The van der Waals surface area contributed by atoms with E-state index in [1.54, 1.807) is 12.1 Å². The Hall–Kier alpha value is -1.40. The van der Waals surface area contributed by atoms with Crippen LogP contribution in [0.1, 0.15) is 46.5 Å². The molecule has 0 radical (unpaired) electrons. The smallest absolute Gasteiger partial charge is 0.259 e. The van der Waals surface area contributed by atoms with Crippen LogP contribution >= 0.6 is 24.4 Å². The minimum atomic E-state index is 0.0474. The van der Waals surface area contributed by atoms with E-state index in [1.165, 1.54) is 12.8 Å². The standard InChI is InChI=1S/C7H7NOS.C5H11NOS.C4H10/c8-7(10)9-6-4-2-1-3-5-6;1-2-3-4-7-5(6)8;1-3-4-2/h1-5H,(H2,8,10);2-4H2,1H3,(H2,6,8);3-4H2,1-2H3. The van der Waals surface area contributed by atoms with Crippen molar-refractivity contribution in [2.45, 2.75) is 46.5 Å². The SMILES string of the molecule is CCCC.CCCCOC(N)=S.NC(=S)Oc1ccccc1. The van der Waals surface area contributed by atoms with Gasteiger partial charge in [0.05, 0.1) is 6.61 Å². The summed E-state index contributed by atoms with van der Waals surface area (Å²) < 4.78 is 9.71. The summed E-state index contributed by atoms with van der Waals surface area (Å²) in [5, 5.41) is 0.199. The molecule has 0 saturated heterocycles. The highest BCUT2D eigenvalue weighted by atomic mass is 32.1. The lowest BCUT2D eigenvalue weighted by Crippen LogP contribution is -2.15. The highest BCUT2D eigenvalue weighted by Crippen LogP contribution is 2.07. The molecular weight excluding hydrogens is 316 g/mol. The summed E-state index contributed by atoms with van der Waals surface area (Å²) in [5.74, 6) is 0.676. The summed E-state index contributed by atoms with van der Waals surface area (Å²) in [6.45, 7) is 7.11. The van der Waals surface area contributed by atoms with Crippen molar-refractivity contribution in [1.82, 2.24) is 0 Å². The fraction of sp³-hybridized carbons (Fsp3) is 0.500. The summed E-state index contributed by atoms with van der Waals surface area (Å²) in [5.41, 5.74) is 10.2. The second kappa shape index (κ2) is 17.7. The molecule has 0 fully saturated rings. The number of hydrogen-bond donors (Lipinski definition) is 2. The summed E-state index contributed by atoms with van der Waals surface area (Å²) in [7, 11) is 0. The van der Waals surface area contributed by atoms with E-state index in [4.69, 9.17) is 20.9 Å². The number of benzene rings is 1. The van der Waals surface area contributed by atoms with Gasteiger partial charge in [0.1, 0.15) is 5.75 Å². The van der Waals surface area contributed by atoms with Crippen molar-refractivity contribution >= 4 is 34.8 Å². The Labute approximate surface area is 145 Å². The van der Waals surface area contributed by atoms with Gasteiger partial charge in [0, 0.05) is 0 Å². The van der Waals surface area contributed by atoms with Crippen molar-refractivity contribution in [3.05, 3.63) is 30.3 Å². The summed E-state index contributed by atoms with van der Waals surface area (Å²) in [6.07, 6.45) is 4.78. The monoisotopic (exact) mass is 344 g/mol. The number of nitrogens with two attached hydrogens (primary N) is 2. The average Bonchev–Trinajstić information content (AvgIpc) is 2.48. The van der Waals surface area contributed by atoms with Crippen LogP contribution in [0.4, 0.5) is 0 Å². The van der Waals surface area contributed by atoms with Gasteiger partial charge in [0.2, 0.25) is 0 Å². The van der Waals surface area contributed by atoms with Gasteiger partial charge in [-0.05, 0) is 43.0 Å². The van der Waals surface area contributed by atoms with E-state index in [0.717, 1.165) is 12.8 Å². The molecule has 126 valence electrons. The Kier molecular flexibility index (Phi) is 18.4. The quantitative estimate of drug-likeness (QED) is 0.617. The van der Waals surface area contributed by atoms with E-state index in [1.807, 2.05) is 18.2 Å². The first-order chi connectivity index (χ1) is 10.5. The molecule has 1 aromatic carbocycles. The molecule has 1 aromatic rings. The van der Waals surface area contributed by atoms with Crippen molar-refractivity contribution in [2.24, 2.45) is 11.5 Å². The molecular formula is C16H28N2O2S2. The molecule has 0 saturated carbocycles. The molecule has 0 aliphatic carbocycles. The van der Waals surface area contributed by atoms with Crippen LogP contribution in [0.25, 0.3) is 0 Å². The lowest BCUT2D eigenvalue weighted by molar-refractivity contribution is 0.300. The first-order valence-corrected chi connectivity index (χ1v) is 8.24. The largest absolute Gasteiger partial charge is 0.471 e. The van der Waals surface area contributed by atoms with Gasteiger partial charge in [-0.1, -0.05) is 58.2 Å². The molecule has 0 aromatic heterocycles. The first-order valence-electron chi connectivity index (χ1n) is 7.42. The number of ether oxygens (including phenoxy) is 2. The van der Waals surface area contributed by atoms with Gasteiger partial charge in [-0.2, -0.15) is 0 Å². The summed E-state index contributed by atoms with van der Waals surface area (Å²) in [4.78, 5) is 0. The summed E-state index contributed by atoms with van der Waals surface area (Å²) in [6, 6.07) is 9.19. The average molecular weight is 345 g/mol. The molecule has 1 rings (SSSR count). The Balaban J connectivity index is 0. The van der Waals surface area contributed by atoms with Gasteiger partial charge < -0.3 is 20.9 Å². The molecule has 6 heteroatoms. The summed E-state index contributed by atoms with van der Waals surface area (Å²) >= 11 is 9.00. The number of para-hydroxylation sites is 1. The van der Waals surface area contributed by atoms with Crippen molar-refractivity contribution < 1.29 is 9.47 Å². The Morgan fingerprint density at radius 2 is 1.45 bits per heavy atom. The molecule has 4 nitrogen and oxygen atoms in total. The zero-order valence-electron chi connectivity index (χ0n) is 13.7. The maximum atomic E-state index is 5.13. The van der Waals surface area contributed by atoms with Crippen LogP contribution < -0.4 is 16.2 Å². The molecule has 0 aliphatic rings. The van der Waals surface area contributed by atoms with Crippen LogP contribution in [0.2, 0.25) is 0 Å². The predicted octanol–water partition coefficient (Wildman–Crippen LogP) is 4.16. The topological polar surface area (TPSA) is 70.5 Å². The first kappa shape index (κ1) is 22.9. The molecule has 22 heavy (non-hydrogen) atoms. The minimum absolute atomic E-state index is 0.0474. The van der Waals surface area contributed by atoms with E-state index in [2.05, 4.69) is 45.2 Å². The van der Waals surface area contributed by atoms with E-state index in [0.29, 0.717) is 12.4 Å². The third-order valence-corrected chi connectivity index (χ3v) is 2.41. The third-order valence-electron chi connectivity index (χ3n) is 2.20. The molecule has 0 unspecified atom stereocenters. The lowest BCUT2D eigenvalue weighted by atomic mass is 10.3. The van der Waals surface area contributed by atoms with Crippen LogP contribution in [0.3, 0.4) is 0 Å². The number of rotatable bonds is 5. The van der Waals surface area contributed by atoms with Crippen LogP contribution in [0, 0.1) is 0 Å². The van der Waals surface area contributed by atoms with Crippen LogP contribution in [0.5, 0.6) is 5.75 Å². The van der Waals surface area contributed by atoms with Gasteiger partial charge in [0.15, 0.2) is 0 Å². The predicted molar refractivity (Wildman–Crippen MR) is 102 cm³/mol. The third kappa shape index (κ3) is 20.9. The van der Waals surface area contributed by atoms with Crippen molar-refractivity contribution in [3.63, 3.8) is 0 Å². The molecule has 0 spiro atoms. The molecule has 0 amide bonds. The Bertz CT molecular complexity index is 385. The zero-order valence-corrected chi connectivity index (χ0v) is 15.3. The molecule has 4 N–H and O–H groups in total. The molecule has 0 aliphatic heterocycles. The minimum Gasteiger partial charge on any atom is -0.471 e.